The largest absolute Gasteiger partial charge is 0.396 e. The van der Waals surface area contributed by atoms with E-state index in [9.17, 15) is 5.11 Å². The first kappa shape index (κ1) is 14.8. The van der Waals surface area contributed by atoms with Gasteiger partial charge in [0.25, 0.3) is 0 Å². The van der Waals surface area contributed by atoms with Gasteiger partial charge in [-0.25, -0.2) is 0 Å². The topological polar surface area (TPSA) is 35.5 Å². The van der Waals surface area contributed by atoms with Crippen molar-refractivity contribution in [3.05, 3.63) is 0 Å². The van der Waals surface area contributed by atoms with Crippen LogP contribution in [-0.4, -0.2) is 47.8 Å². The summed E-state index contributed by atoms with van der Waals surface area (Å²) in [6.45, 7) is 5.20. The van der Waals surface area contributed by atoms with Gasteiger partial charge in [-0.05, 0) is 50.4 Å². The van der Waals surface area contributed by atoms with Gasteiger partial charge >= 0.3 is 0 Å². The molecule has 2 saturated carbocycles. The van der Waals surface area contributed by atoms with Crippen molar-refractivity contribution < 1.29 is 5.11 Å². The molecule has 2 N–H and O–H groups in total. The number of nitrogens with one attached hydrogen (secondary N) is 1. The van der Waals surface area contributed by atoms with Gasteiger partial charge in [-0.3, -0.25) is 4.90 Å². The van der Waals surface area contributed by atoms with Crippen molar-refractivity contribution in [3.63, 3.8) is 0 Å². The SMILES string of the molecule is CC1CC(N2CC(CCO)CC(NC3CCCC3)C2)C1. The molecule has 2 aliphatic carbocycles. The highest BCUT2D eigenvalue weighted by Gasteiger charge is 2.36. The molecule has 1 heterocycles. The first-order valence-electron chi connectivity index (χ1n) is 8.85. The third-order valence-corrected chi connectivity index (χ3v) is 5.79. The Morgan fingerprint density at radius 2 is 1.80 bits per heavy atom. The lowest BCUT2D eigenvalue weighted by molar-refractivity contribution is 0.0263. The molecule has 3 rings (SSSR count). The predicted octanol–water partition coefficient (Wildman–Crippen LogP) is 2.39. The second-order valence-corrected chi connectivity index (χ2v) is 7.64. The minimum absolute atomic E-state index is 0.357. The van der Waals surface area contributed by atoms with Crippen LogP contribution < -0.4 is 5.32 Å². The number of nitrogens with zero attached hydrogens (tertiary/aromatic N) is 1. The molecule has 2 atom stereocenters. The minimum atomic E-state index is 0.357. The lowest BCUT2D eigenvalue weighted by atomic mass is 9.78. The summed E-state index contributed by atoms with van der Waals surface area (Å²) in [4.78, 5) is 2.73. The van der Waals surface area contributed by atoms with Crippen molar-refractivity contribution in [3.8, 4) is 0 Å². The Bertz CT molecular complexity index is 297. The number of aliphatic hydroxyl groups is 1. The first-order valence-corrected chi connectivity index (χ1v) is 8.85. The summed E-state index contributed by atoms with van der Waals surface area (Å²) in [6.07, 6.45) is 10.6. The van der Waals surface area contributed by atoms with Crippen molar-refractivity contribution in [2.45, 2.75) is 76.4 Å². The van der Waals surface area contributed by atoms with E-state index in [0.717, 1.165) is 24.4 Å². The molecule has 0 aromatic heterocycles. The van der Waals surface area contributed by atoms with Gasteiger partial charge < -0.3 is 10.4 Å². The highest BCUT2D eigenvalue weighted by Crippen LogP contribution is 2.34. The predicted molar refractivity (Wildman–Crippen MR) is 82.7 cm³/mol. The van der Waals surface area contributed by atoms with Crippen LogP contribution in [0.1, 0.15) is 58.3 Å². The summed E-state index contributed by atoms with van der Waals surface area (Å²) < 4.78 is 0. The van der Waals surface area contributed by atoms with Crippen molar-refractivity contribution >= 4 is 0 Å². The number of aliphatic hydroxyl groups excluding tert-OH is 1. The lowest BCUT2D eigenvalue weighted by Crippen LogP contribution is -2.56. The molecule has 3 aliphatic rings. The molecule has 3 nitrogen and oxygen atoms in total. The molecule has 0 bridgehead atoms. The Morgan fingerprint density at radius 1 is 1.05 bits per heavy atom. The zero-order valence-electron chi connectivity index (χ0n) is 13.1. The van der Waals surface area contributed by atoms with Gasteiger partial charge in [-0.1, -0.05) is 19.8 Å². The summed E-state index contributed by atoms with van der Waals surface area (Å²) in [6, 6.07) is 2.27. The summed E-state index contributed by atoms with van der Waals surface area (Å²) in [5.74, 6) is 1.63. The zero-order valence-corrected chi connectivity index (χ0v) is 13.1. The second kappa shape index (κ2) is 6.76. The smallest absolute Gasteiger partial charge is 0.0434 e. The number of likely N-dealkylation sites (tertiary alicyclic amines) is 1. The van der Waals surface area contributed by atoms with E-state index in [1.807, 2.05) is 0 Å². The van der Waals surface area contributed by atoms with Crippen LogP contribution in [0.15, 0.2) is 0 Å². The quantitative estimate of drug-likeness (QED) is 0.812. The molecule has 116 valence electrons. The monoisotopic (exact) mass is 280 g/mol. The zero-order chi connectivity index (χ0) is 13.9. The molecule has 1 saturated heterocycles. The summed E-state index contributed by atoms with van der Waals surface area (Å²) in [5, 5.41) is 13.2. The summed E-state index contributed by atoms with van der Waals surface area (Å²) in [5.41, 5.74) is 0. The highest BCUT2D eigenvalue weighted by atomic mass is 16.3. The van der Waals surface area contributed by atoms with Crippen molar-refractivity contribution in [1.29, 1.82) is 0 Å². The van der Waals surface area contributed by atoms with Gasteiger partial charge in [0, 0.05) is 37.8 Å². The van der Waals surface area contributed by atoms with Crippen LogP contribution in [0.3, 0.4) is 0 Å². The fraction of sp³-hybridized carbons (Fsp3) is 1.00. The first-order chi connectivity index (χ1) is 9.74. The second-order valence-electron chi connectivity index (χ2n) is 7.64. The van der Waals surface area contributed by atoms with Gasteiger partial charge in [0.1, 0.15) is 0 Å². The van der Waals surface area contributed by atoms with E-state index in [1.165, 1.54) is 58.0 Å². The Balaban J connectivity index is 1.54. The third kappa shape index (κ3) is 3.55. The highest BCUT2D eigenvalue weighted by molar-refractivity contribution is 4.93. The minimum Gasteiger partial charge on any atom is -0.396 e. The van der Waals surface area contributed by atoms with Crippen LogP contribution in [-0.2, 0) is 0 Å². The van der Waals surface area contributed by atoms with Crippen LogP contribution in [0.4, 0.5) is 0 Å². The summed E-state index contributed by atoms with van der Waals surface area (Å²) in [7, 11) is 0. The van der Waals surface area contributed by atoms with Crippen molar-refractivity contribution in [2.24, 2.45) is 11.8 Å². The van der Waals surface area contributed by atoms with E-state index < -0.39 is 0 Å². The van der Waals surface area contributed by atoms with Gasteiger partial charge in [0.05, 0.1) is 0 Å². The Labute approximate surface area is 124 Å². The molecule has 0 aromatic carbocycles. The molecule has 0 aromatic rings. The molecule has 0 spiro atoms. The van der Waals surface area contributed by atoms with Crippen LogP contribution >= 0.6 is 0 Å². The number of rotatable bonds is 5. The van der Waals surface area contributed by atoms with E-state index in [0.29, 0.717) is 18.6 Å². The lowest BCUT2D eigenvalue weighted by Gasteiger charge is -2.48. The maximum Gasteiger partial charge on any atom is 0.0434 e. The molecule has 3 fully saturated rings. The average Bonchev–Trinajstić information content (AvgIpc) is 2.88. The number of hydrogen-bond donors (Lipinski definition) is 2. The van der Waals surface area contributed by atoms with Crippen LogP contribution in [0.5, 0.6) is 0 Å². The molecular weight excluding hydrogens is 248 g/mol. The van der Waals surface area contributed by atoms with E-state index in [4.69, 9.17) is 0 Å². The van der Waals surface area contributed by atoms with Gasteiger partial charge in [0.2, 0.25) is 0 Å². The Morgan fingerprint density at radius 3 is 2.45 bits per heavy atom. The third-order valence-electron chi connectivity index (χ3n) is 5.79. The normalized spacial score (nSPS) is 39.9. The maximum atomic E-state index is 9.29. The van der Waals surface area contributed by atoms with Crippen molar-refractivity contribution in [1.82, 2.24) is 10.2 Å². The fourth-order valence-electron chi connectivity index (χ4n) is 4.64. The van der Waals surface area contributed by atoms with E-state index in [-0.39, 0.29) is 0 Å². The molecule has 1 aliphatic heterocycles. The summed E-state index contributed by atoms with van der Waals surface area (Å²) >= 11 is 0. The fourth-order valence-corrected chi connectivity index (χ4v) is 4.64. The standard InChI is InChI=1S/C17H32N2O/c1-13-8-17(9-13)19-11-14(6-7-20)10-16(12-19)18-15-4-2-3-5-15/h13-18,20H,2-12H2,1H3. The van der Waals surface area contributed by atoms with Gasteiger partial charge in [-0.2, -0.15) is 0 Å². The van der Waals surface area contributed by atoms with Crippen LogP contribution in [0.25, 0.3) is 0 Å². The van der Waals surface area contributed by atoms with Crippen LogP contribution in [0, 0.1) is 11.8 Å². The molecule has 20 heavy (non-hydrogen) atoms. The van der Waals surface area contributed by atoms with Crippen molar-refractivity contribution in [2.75, 3.05) is 19.7 Å². The Hall–Kier alpha value is -0.120. The van der Waals surface area contributed by atoms with Gasteiger partial charge in [-0.15, -0.1) is 0 Å². The molecular formula is C17H32N2O. The molecule has 0 amide bonds. The van der Waals surface area contributed by atoms with E-state index in [2.05, 4.69) is 17.1 Å². The molecule has 3 heteroatoms. The molecule has 0 radical (unpaired) electrons. The maximum absolute atomic E-state index is 9.29. The number of hydrogen-bond acceptors (Lipinski definition) is 3. The number of piperidine rings is 1. The Kier molecular flexibility index (Phi) is 5.00. The van der Waals surface area contributed by atoms with Crippen LogP contribution in [0.2, 0.25) is 0 Å². The van der Waals surface area contributed by atoms with Gasteiger partial charge in [0.15, 0.2) is 0 Å². The molecule has 2 unspecified atom stereocenters. The average molecular weight is 280 g/mol. The van der Waals surface area contributed by atoms with E-state index in [1.54, 1.807) is 0 Å². The van der Waals surface area contributed by atoms with E-state index >= 15 is 0 Å².